The molecule has 1 fully saturated rings. The monoisotopic (exact) mass is 515 g/mol. The van der Waals surface area contributed by atoms with Crippen molar-refractivity contribution < 1.29 is 23.1 Å². The number of aryl methyl sites for hydroxylation is 1. The molecule has 1 aromatic carbocycles. The van der Waals surface area contributed by atoms with Gasteiger partial charge in [0.25, 0.3) is 5.91 Å². The number of nitrogens with one attached hydrogen (secondary N) is 1. The Morgan fingerprint density at radius 2 is 1.94 bits per heavy atom. The summed E-state index contributed by atoms with van der Waals surface area (Å²) < 4.78 is 39.9. The molecule has 13 heteroatoms. The Bertz CT molecular complexity index is 1450. The largest absolute Gasteiger partial charge is 0.433 e. The van der Waals surface area contributed by atoms with Crippen LogP contribution in [0.4, 0.5) is 24.9 Å². The maximum Gasteiger partial charge on any atom is 0.433 e. The number of nitrogens with zero attached hydrogens (tertiary/aromatic N) is 6. The molecule has 1 amide bonds. The van der Waals surface area contributed by atoms with E-state index in [1.807, 2.05) is 6.07 Å². The van der Waals surface area contributed by atoms with Gasteiger partial charge < -0.3 is 15.3 Å². The Balaban J connectivity index is 1.39. The van der Waals surface area contributed by atoms with Crippen LogP contribution in [-0.4, -0.2) is 54.2 Å². The van der Waals surface area contributed by atoms with Gasteiger partial charge in [0.2, 0.25) is 5.95 Å². The van der Waals surface area contributed by atoms with Gasteiger partial charge in [0, 0.05) is 50.3 Å². The summed E-state index contributed by atoms with van der Waals surface area (Å²) in [6, 6.07) is 9.60. The van der Waals surface area contributed by atoms with Crippen molar-refractivity contribution in [3.63, 3.8) is 0 Å². The fourth-order valence-electron chi connectivity index (χ4n) is 4.02. The highest BCUT2D eigenvalue weighted by atomic mass is 32.1. The molecule has 1 saturated heterocycles. The van der Waals surface area contributed by atoms with Crippen LogP contribution >= 0.6 is 11.3 Å². The molecule has 2 N–H and O–H groups in total. The van der Waals surface area contributed by atoms with Crippen LogP contribution in [0.2, 0.25) is 0 Å². The first-order valence-electron chi connectivity index (χ1n) is 10.8. The number of carbonyl (C=O) groups excluding carboxylic acids is 1. The standard InChI is InChI=1S/C23H20F3N7O2S/c1-32-9-7-22(35,20(32)34)14-5-3-4-13(10-14)19-28-16(12-36-19)15-6-8-27-21(29-15)30-18-11-17(23(24,25)26)33(2)31-18/h3-6,8,10-12,35H,7,9H2,1-2H3,(H,27,29,30,31). The zero-order valence-electron chi connectivity index (χ0n) is 19.1. The molecular weight excluding hydrogens is 495 g/mol. The molecule has 1 aliphatic rings. The normalized spacial score (nSPS) is 18.2. The lowest BCUT2D eigenvalue weighted by Crippen LogP contribution is -2.36. The zero-order chi connectivity index (χ0) is 25.7. The predicted molar refractivity (Wildman–Crippen MR) is 126 cm³/mol. The Morgan fingerprint density at radius 3 is 2.64 bits per heavy atom. The second-order valence-electron chi connectivity index (χ2n) is 8.38. The van der Waals surface area contributed by atoms with Crippen molar-refractivity contribution >= 4 is 29.0 Å². The number of likely N-dealkylation sites (N-methyl/N-ethyl adjacent to an activating group) is 1. The summed E-state index contributed by atoms with van der Waals surface area (Å²) in [6.45, 7) is 0.473. The van der Waals surface area contributed by atoms with Crippen LogP contribution < -0.4 is 5.32 Å². The summed E-state index contributed by atoms with van der Waals surface area (Å²) in [5, 5.41) is 19.9. The van der Waals surface area contributed by atoms with E-state index in [-0.39, 0.29) is 17.7 Å². The first-order chi connectivity index (χ1) is 17.0. The smallest absolute Gasteiger partial charge is 0.375 e. The number of halogens is 3. The number of alkyl halides is 3. The number of hydrogen-bond donors (Lipinski definition) is 2. The van der Waals surface area contributed by atoms with Crippen molar-refractivity contribution in [2.75, 3.05) is 18.9 Å². The summed E-state index contributed by atoms with van der Waals surface area (Å²) in [6.07, 6.45) is -2.75. The van der Waals surface area contributed by atoms with Crippen molar-refractivity contribution in [3.05, 3.63) is 59.2 Å². The average Bonchev–Trinajstić information content (AvgIpc) is 3.55. The fraction of sp³-hybridized carbons (Fsp3) is 0.261. The van der Waals surface area contributed by atoms with E-state index < -0.39 is 17.5 Å². The first kappa shape index (κ1) is 23.9. The van der Waals surface area contributed by atoms with E-state index in [4.69, 9.17) is 0 Å². The molecule has 5 rings (SSSR count). The number of aromatic nitrogens is 5. The van der Waals surface area contributed by atoms with Crippen molar-refractivity contribution in [1.82, 2.24) is 29.6 Å². The van der Waals surface area contributed by atoms with E-state index in [2.05, 4.69) is 25.4 Å². The molecule has 36 heavy (non-hydrogen) atoms. The molecule has 1 atom stereocenters. The minimum atomic E-state index is -4.53. The molecule has 3 aromatic heterocycles. The van der Waals surface area contributed by atoms with Gasteiger partial charge in [-0.25, -0.2) is 15.0 Å². The minimum Gasteiger partial charge on any atom is -0.375 e. The number of aliphatic hydroxyl groups is 1. The molecule has 0 saturated carbocycles. The zero-order valence-corrected chi connectivity index (χ0v) is 19.9. The molecule has 0 radical (unpaired) electrons. The van der Waals surface area contributed by atoms with Crippen LogP contribution in [0.15, 0.2) is 48.0 Å². The lowest BCUT2D eigenvalue weighted by molar-refractivity contribution is -0.144. The molecule has 9 nitrogen and oxygen atoms in total. The highest BCUT2D eigenvalue weighted by Gasteiger charge is 2.45. The summed E-state index contributed by atoms with van der Waals surface area (Å²) in [7, 11) is 2.86. The Labute approximate surface area is 207 Å². The molecule has 0 aliphatic carbocycles. The summed E-state index contributed by atoms with van der Waals surface area (Å²) >= 11 is 1.36. The Hall–Kier alpha value is -3.84. The van der Waals surface area contributed by atoms with Crippen molar-refractivity contribution in [2.24, 2.45) is 7.05 Å². The lowest BCUT2D eigenvalue weighted by Gasteiger charge is -2.21. The number of likely N-dealkylation sites (tertiary alicyclic amines) is 1. The van der Waals surface area contributed by atoms with E-state index in [1.54, 1.807) is 36.7 Å². The molecule has 1 aliphatic heterocycles. The lowest BCUT2D eigenvalue weighted by atomic mass is 9.91. The minimum absolute atomic E-state index is 0.0391. The van der Waals surface area contributed by atoms with E-state index in [1.165, 1.54) is 29.5 Å². The van der Waals surface area contributed by atoms with Crippen LogP contribution in [0.1, 0.15) is 17.7 Å². The van der Waals surface area contributed by atoms with E-state index in [9.17, 15) is 23.1 Å². The van der Waals surface area contributed by atoms with Gasteiger partial charge in [0.15, 0.2) is 11.4 Å². The molecule has 4 aromatic rings. The van der Waals surface area contributed by atoms with Crippen molar-refractivity contribution in [1.29, 1.82) is 0 Å². The third-order valence-corrected chi connectivity index (χ3v) is 6.82. The number of benzene rings is 1. The van der Waals surface area contributed by atoms with Gasteiger partial charge in [-0.3, -0.25) is 9.48 Å². The molecule has 4 heterocycles. The number of thiazole rings is 1. The highest BCUT2D eigenvalue weighted by molar-refractivity contribution is 7.13. The fourth-order valence-corrected chi connectivity index (χ4v) is 4.84. The number of rotatable bonds is 5. The van der Waals surface area contributed by atoms with Gasteiger partial charge in [-0.2, -0.15) is 18.3 Å². The van der Waals surface area contributed by atoms with E-state index in [0.29, 0.717) is 34.9 Å². The number of anilines is 2. The molecular formula is C23H20F3N7O2S. The quantitative estimate of drug-likeness (QED) is 0.416. The average molecular weight is 516 g/mol. The van der Waals surface area contributed by atoms with Crippen LogP contribution in [0.3, 0.4) is 0 Å². The first-order valence-corrected chi connectivity index (χ1v) is 11.7. The Kier molecular flexibility index (Phi) is 5.75. The highest BCUT2D eigenvalue weighted by Crippen LogP contribution is 2.36. The van der Waals surface area contributed by atoms with Gasteiger partial charge >= 0.3 is 6.18 Å². The van der Waals surface area contributed by atoms with Gasteiger partial charge in [-0.15, -0.1) is 11.3 Å². The van der Waals surface area contributed by atoms with E-state index >= 15 is 0 Å². The maximum absolute atomic E-state index is 13.0. The molecule has 0 bridgehead atoms. The van der Waals surface area contributed by atoms with Gasteiger partial charge in [0.05, 0.1) is 5.69 Å². The van der Waals surface area contributed by atoms with Crippen LogP contribution in [0, 0.1) is 0 Å². The predicted octanol–water partition coefficient (Wildman–Crippen LogP) is 3.81. The van der Waals surface area contributed by atoms with Crippen LogP contribution in [-0.2, 0) is 23.6 Å². The van der Waals surface area contributed by atoms with Crippen molar-refractivity contribution in [3.8, 4) is 22.0 Å². The van der Waals surface area contributed by atoms with Crippen LogP contribution in [0.5, 0.6) is 0 Å². The third kappa shape index (κ3) is 4.31. The van der Waals surface area contributed by atoms with E-state index in [0.717, 1.165) is 16.3 Å². The summed E-state index contributed by atoms with van der Waals surface area (Å²) in [5.74, 6) is -0.305. The molecule has 1 unspecified atom stereocenters. The molecule has 0 spiro atoms. The second kappa shape index (κ2) is 8.68. The second-order valence-corrected chi connectivity index (χ2v) is 9.24. The topological polar surface area (TPSA) is 109 Å². The number of amides is 1. The Morgan fingerprint density at radius 1 is 1.14 bits per heavy atom. The van der Waals surface area contributed by atoms with Crippen LogP contribution in [0.25, 0.3) is 22.0 Å². The van der Waals surface area contributed by atoms with Gasteiger partial charge in [-0.05, 0) is 17.7 Å². The summed E-state index contributed by atoms with van der Waals surface area (Å²) in [4.78, 5) is 27.0. The number of hydrogen-bond acceptors (Lipinski definition) is 8. The van der Waals surface area contributed by atoms with Gasteiger partial charge in [0.1, 0.15) is 16.4 Å². The van der Waals surface area contributed by atoms with Crippen molar-refractivity contribution in [2.45, 2.75) is 18.2 Å². The molecule has 186 valence electrons. The van der Waals surface area contributed by atoms with Gasteiger partial charge in [-0.1, -0.05) is 18.2 Å². The summed E-state index contributed by atoms with van der Waals surface area (Å²) in [5.41, 5.74) is -0.214. The third-order valence-electron chi connectivity index (χ3n) is 5.93. The SMILES string of the molecule is CN1CCC(O)(c2cccc(-c3nc(-c4ccnc(Nc5cc(C(F)(F)F)n(C)n5)n4)cs3)c2)C1=O. The number of carbonyl (C=O) groups is 1. The maximum atomic E-state index is 13.0.